The Morgan fingerprint density at radius 3 is 2.00 bits per heavy atom. The molecule has 1 N–H and O–H groups in total. The van der Waals surface area contributed by atoms with Gasteiger partial charge in [0.25, 0.3) is 0 Å². The molecular weight excluding hydrogens is 336 g/mol. The second-order valence-electron chi connectivity index (χ2n) is 7.60. The molecule has 0 heterocycles. The quantitative estimate of drug-likeness (QED) is 0.580. The molecule has 0 saturated carbocycles. The van der Waals surface area contributed by atoms with E-state index in [0.717, 1.165) is 18.4 Å². The van der Waals surface area contributed by atoms with Crippen molar-refractivity contribution in [3.63, 3.8) is 0 Å². The Kier molecular flexibility index (Phi) is 9.07. The molecule has 2 atom stereocenters. The summed E-state index contributed by atoms with van der Waals surface area (Å²) >= 11 is 0. The van der Waals surface area contributed by atoms with Crippen LogP contribution >= 0.6 is 0 Å². The molecule has 27 heavy (non-hydrogen) atoms. The number of benzene rings is 2. The van der Waals surface area contributed by atoms with Crippen LogP contribution in [0, 0.1) is 5.41 Å². The van der Waals surface area contributed by atoms with Crippen LogP contribution in [0.15, 0.2) is 54.6 Å². The fraction of sp³-hybridized carbons (Fsp3) is 0.458. The Labute approximate surface area is 164 Å². The summed E-state index contributed by atoms with van der Waals surface area (Å²) in [5.74, 6) is 0.805. The van der Waals surface area contributed by atoms with Gasteiger partial charge in [-0.2, -0.15) is 0 Å². The van der Waals surface area contributed by atoms with E-state index in [4.69, 9.17) is 9.84 Å². The summed E-state index contributed by atoms with van der Waals surface area (Å²) in [6, 6.07) is 17.2. The van der Waals surface area contributed by atoms with Crippen molar-refractivity contribution < 1.29 is 14.6 Å². The molecule has 0 saturated heterocycles. The highest BCUT2D eigenvalue weighted by molar-refractivity contribution is 5.76. The van der Waals surface area contributed by atoms with Crippen molar-refractivity contribution in [1.82, 2.24) is 0 Å². The van der Waals surface area contributed by atoms with Gasteiger partial charge < -0.3 is 9.84 Å². The van der Waals surface area contributed by atoms with Crippen LogP contribution in [0.4, 0.5) is 0 Å². The van der Waals surface area contributed by atoms with Crippen molar-refractivity contribution >= 4 is 5.97 Å². The first-order valence-electron chi connectivity index (χ1n) is 9.76. The second-order valence-corrected chi connectivity index (χ2v) is 7.60. The minimum absolute atomic E-state index is 0.133. The molecule has 0 aliphatic rings. The van der Waals surface area contributed by atoms with Crippen LogP contribution in [0.2, 0.25) is 0 Å². The first kappa shape index (κ1) is 22.8. The molecule has 0 aliphatic heterocycles. The normalized spacial score (nSPS) is 13.1. The minimum atomic E-state index is -0.400. The molecule has 0 aromatic heterocycles. The van der Waals surface area contributed by atoms with E-state index in [-0.39, 0.29) is 12.1 Å². The number of ether oxygens (including phenoxy) is 1. The average molecular weight is 371 g/mol. The first-order valence-corrected chi connectivity index (χ1v) is 9.76. The number of rotatable bonds is 6. The fourth-order valence-corrected chi connectivity index (χ4v) is 2.30. The topological polar surface area (TPSA) is 46.5 Å². The number of aromatic hydroxyl groups is 1. The predicted molar refractivity (Wildman–Crippen MR) is 112 cm³/mol. The van der Waals surface area contributed by atoms with Gasteiger partial charge in [-0.05, 0) is 62.8 Å². The molecule has 148 valence electrons. The summed E-state index contributed by atoms with van der Waals surface area (Å²) in [5, 5.41) is 9.01. The van der Waals surface area contributed by atoms with E-state index < -0.39 is 5.41 Å². The monoisotopic (exact) mass is 370 g/mol. The zero-order valence-electron chi connectivity index (χ0n) is 17.5. The van der Waals surface area contributed by atoms with Gasteiger partial charge in [0, 0.05) is 0 Å². The lowest BCUT2D eigenvalue weighted by Crippen LogP contribution is -2.26. The van der Waals surface area contributed by atoms with Crippen LogP contribution in [0.3, 0.4) is 0 Å². The molecule has 0 spiro atoms. The van der Waals surface area contributed by atoms with Gasteiger partial charge in [0.15, 0.2) is 0 Å². The Morgan fingerprint density at radius 2 is 1.52 bits per heavy atom. The van der Waals surface area contributed by atoms with Crippen molar-refractivity contribution in [3.8, 4) is 5.75 Å². The molecular formula is C24H34O3. The van der Waals surface area contributed by atoms with Crippen molar-refractivity contribution in [3.05, 3.63) is 65.7 Å². The van der Waals surface area contributed by atoms with Crippen molar-refractivity contribution in [1.29, 1.82) is 0 Å². The summed E-state index contributed by atoms with van der Waals surface area (Å²) in [5.41, 5.74) is 1.93. The highest BCUT2D eigenvalue weighted by Gasteiger charge is 2.28. The maximum atomic E-state index is 11.9. The smallest absolute Gasteiger partial charge is 0.312 e. The summed E-state index contributed by atoms with van der Waals surface area (Å²) in [7, 11) is 0. The third-order valence-electron chi connectivity index (χ3n) is 5.06. The van der Waals surface area contributed by atoms with Crippen LogP contribution in [-0.4, -0.2) is 11.1 Å². The third-order valence-corrected chi connectivity index (χ3v) is 5.06. The number of esters is 1. The predicted octanol–water partition coefficient (Wildman–Crippen LogP) is 6.63. The Bertz CT molecular complexity index is 675. The van der Waals surface area contributed by atoms with E-state index in [2.05, 4.69) is 13.8 Å². The Balaban J connectivity index is 0.000000289. The van der Waals surface area contributed by atoms with Crippen molar-refractivity contribution in [2.24, 2.45) is 5.41 Å². The standard InChI is InChI=1S/C14H20O2.C10H14O/c1-5-14(3,4)13(15)16-11(2)12-9-7-6-8-10-12;1-3-8(2)9-4-6-10(11)7-5-9/h6-11H,5H2,1-4H3;4-8,11H,3H2,1-2H3. The number of phenolic OH excluding ortho intramolecular Hbond substituents is 1. The van der Waals surface area contributed by atoms with Gasteiger partial charge in [-0.1, -0.05) is 63.2 Å². The number of hydrogen-bond acceptors (Lipinski definition) is 3. The number of phenols is 1. The highest BCUT2D eigenvalue weighted by Crippen LogP contribution is 2.26. The lowest BCUT2D eigenvalue weighted by atomic mass is 9.90. The molecule has 2 rings (SSSR count). The van der Waals surface area contributed by atoms with Crippen LogP contribution < -0.4 is 0 Å². The first-order chi connectivity index (χ1) is 12.7. The van der Waals surface area contributed by atoms with E-state index in [9.17, 15) is 4.79 Å². The van der Waals surface area contributed by atoms with Crippen LogP contribution in [-0.2, 0) is 9.53 Å². The molecule has 0 amide bonds. The van der Waals surface area contributed by atoms with Gasteiger partial charge >= 0.3 is 5.97 Å². The summed E-state index contributed by atoms with van der Waals surface area (Å²) < 4.78 is 5.45. The van der Waals surface area contributed by atoms with E-state index in [0.29, 0.717) is 11.7 Å². The Hall–Kier alpha value is -2.29. The average Bonchev–Trinajstić information content (AvgIpc) is 2.69. The van der Waals surface area contributed by atoms with Gasteiger partial charge in [0.1, 0.15) is 11.9 Å². The minimum Gasteiger partial charge on any atom is -0.508 e. The molecule has 0 radical (unpaired) electrons. The van der Waals surface area contributed by atoms with E-state index in [1.807, 2.05) is 70.2 Å². The van der Waals surface area contributed by atoms with Gasteiger partial charge in [0.2, 0.25) is 0 Å². The van der Waals surface area contributed by atoms with E-state index in [1.54, 1.807) is 12.1 Å². The van der Waals surface area contributed by atoms with Crippen molar-refractivity contribution in [2.45, 2.75) is 66.4 Å². The maximum absolute atomic E-state index is 11.9. The molecule has 0 bridgehead atoms. The highest BCUT2D eigenvalue weighted by atomic mass is 16.5. The molecule has 3 heteroatoms. The van der Waals surface area contributed by atoms with E-state index in [1.165, 1.54) is 5.56 Å². The molecule has 2 unspecified atom stereocenters. The lowest BCUT2D eigenvalue weighted by molar-refractivity contribution is -0.159. The number of carbonyl (C=O) groups excluding carboxylic acids is 1. The van der Waals surface area contributed by atoms with Crippen LogP contribution in [0.1, 0.15) is 77.5 Å². The van der Waals surface area contributed by atoms with Crippen LogP contribution in [0.25, 0.3) is 0 Å². The summed E-state index contributed by atoms with van der Waals surface area (Å²) in [6.45, 7) is 12.1. The zero-order chi connectivity index (χ0) is 20.4. The van der Waals surface area contributed by atoms with Gasteiger partial charge in [-0.15, -0.1) is 0 Å². The van der Waals surface area contributed by atoms with Gasteiger partial charge in [-0.3, -0.25) is 4.79 Å². The lowest BCUT2D eigenvalue weighted by Gasteiger charge is -2.23. The SMILES string of the molecule is CCC(C)(C)C(=O)OC(C)c1ccccc1.CCC(C)c1ccc(O)cc1. The zero-order valence-corrected chi connectivity index (χ0v) is 17.5. The summed E-state index contributed by atoms with van der Waals surface area (Å²) in [6.07, 6.45) is 1.75. The second kappa shape index (κ2) is 10.8. The number of hydrogen-bond donors (Lipinski definition) is 1. The molecule has 0 fully saturated rings. The van der Waals surface area contributed by atoms with Crippen molar-refractivity contribution in [2.75, 3.05) is 0 Å². The molecule has 3 nitrogen and oxygen atoms in total. The molecule has 2 aromatic carbocycles. The number of carbonyl (C=O) groups is 1. The van der Waals surface area contributed by atoms with Gasteiger partial charge in [0.05, 0.1) is 5.41 Å². The maximum Gasteiger partial charge on any atom is 0.312 e. The molecule has 0 aliphatic carbocycles. The summed E-state index contributed by atoms with van der Waals surface area (Å²) in [4.78, 5) is 11.9. The Morgan fingerprint density at radius 1 is 0.963 bits per heavy atom. The fourth-order valence-electron chi connectivity index (χ4n) is 2.30. The van der Waals surface area contributed by atoms with Gasteiger partial charge in [-0.25, -0.2) is 0 Å². The largest absolute Gasteiger partial charge is 0.508 e. The molecule has 2 aromatic rings. The van der Waals surface area contributed by atoms with E-state index >= 15 is 0 Å². The third kappa shape index (κ3) is 7.46. The van der Waals surface area contributed by atoms with Crippen LogP contribution in [0.5, 0.6) is 5.75 Å².